The Morgan fingerprint density at radius 3 is 2.75 bits per heavy atom. The van der Waals surface area contributed by atoms with Crippen LogP contribution >= 0.6 is 12.2 Å². The lowest BCUT2D eigenvalue weighted by Crippen LogP contribution is -2.03. The Bertz CT molecular complexity index is 856. The van der Waals surface area contributed by atoms with E-state index in [1.165, 1.54) is 0 Å². The van der Waals surface area contributed by atoms with Gasteiger partial charge in [0.05, 0.1) is 18.5 Å². The van der Waals surface area contributed by atoms with Crippen LogP contribution in [0.2, 0.25) is 0 Å². The maximum absolute atomic E-state index is 5.47. The predicted molar refractivity (Wildman–Crippen MR) is 81.3 cm³/mol. The van der Waals surface area contributed by atoms with E-state index < -0.39 is 0 Å². The number of hydrogen-bond donors (Lipinski definition) is 1. The third-order valence-corrected chi connectivity index (χ3v) is 3.70. The van der Waals surface area contributed by atoms with Gasteiger partial charge >= 0.3 is 0 Å². The number of rotatable bonds is 2. The quantitative estimate of drug-likeness (QED) is 0.737. The molecule has 0 saturated heterocycles. The van der Waals surface area contributed by atoms with Crippen molar-refractivity contribution in [2.24, 2.45) is 7.05 Å². The third kappa shape index (κ3) is 1.76. The number of aryl methyl sites for hydroxylation is 3. The van der Waals surface area contributed by atoms with Crippen LogP contribution in [0.4, 0.5) is 0 Å². The summed E-state index contributed by atoms with van der Waals surface area (Å²) < 4.78 is 9.90. The Morgan fingerprint density at radius 2 is 2.05 bits per heavy atom. The van der Waals surface area contributed by atoms with Gasteiger partial charge in [0.1, 0.15) is 11.3 Å². The first-order valence-corrected chi connectivity index (χ1v) is 6.73. The van der Waals surface area contributed by atoms with Crippen molar-refractivity contribution in [1.82, 2.24) is 19.3 Å². The van der Waals surface area contributed by atoms with E-state index >= 15 is 0 Å². The lowest BCUT2D eigenvalue weighted by molar-refractivity contribution is 0.413. The van der Waals surface area contributed by atoms with Gasteiger partial charge in [-0.2, -0.15) is 5.10 Å². The van der Waals surface area contributed by atoms with E-state index in [0.717, 1.165) is 33.9 Å². The second kappa shape index (κ2) is 4.49. The molecule has 0 aliphatic heterocycles. The lowest BCUT2D eigenvalue weighted by atomic mass is 10.2. The first-order valence-electron chi connectivity index (χ1n) is 6.32. The Morgan fingerprint density at radius 1 is 1.30 bits per heavy atom. The van der Waals surface area contributed by atoms with Crippen LogP contribution in [-0.4, -0.2) is 26.4 Å². The summed E-state index contributed by atoms with van der Waals surface area (Å²) in [5.41, 5.74) is 4.90. The van der Waals surface area contributed by atoms with Crippen LogP contribution in [0.3, 0.4) is 0 Å². The Kier molecular flexibility index (Phi) is 2.90. The molecule has 0 unspecified atom stereocenters. The van der Waals surface area contributed by atoms with E-state index in [0.29, 0.717) is 4.77 Å². The highest BCUT2D eigenvalue weighted by Crippen LogP contribution is 2.28. The Labute approximate surface area is 121 Å². The number of methoxy groups -OCH3 is 1. The molecular weight excluding hydrogens is 272 g/mol. The Hall–Kier alpha value is -2.08. The molecule has 0 amide bonds. The summed E-state index contributed by atoms with van der Waals surface area (Å²) in [6.45, 7) is 4.01. The van der Waals surface area contributed by atoms with Crippen molar-refractivity contribution >= 4 is 23.4 Å². The molecule has 0 atom stereocenters. The fourth-order valence-corrected chi connectivity index (χ4v) is 2.79. The molecule has 0 aliphatic carbocycles. The molecule has 0 saturated carbocycles. The number of H-pyrrole nitrogens is 1. The molecule has 6 heteroatoms. The minimum atomic E-state index is 0.639. The first kappa shape index (κ1) is 12.9. The molecule has 3 aromatic rings. The predicted octanol–water partition coefficient (Wildman–Crippen LogP) is 3.05. The van der Waals surface area contributed by atoms with Crippen molar-refractivity contribution in [3.63, 3.8) is 0 Å². The normalized spacial score (nSPS) is 11.2. The molecule has 0 spiro atoms. The van der Waals surface area contributed by atoms with Gasteiger partial charge < -0.3 is 9.72 Å². The highest BCUT2D eigenvalue weighted by atomic mass is 32.1. The van der Waals surface area contributed by atoms with E-state index in [-0.39, 0.29) is 0 Å². The molecule has 5 nitrogen and oxygen atoms in total. The number of nitrogens with one attached hydrogen (secondary N) is 1. The second-order valence-corrected chi connectivity index (χ2v) is 5.24. The maximum Gasteiger partial charge on any atom is 0.184 e. The molecule has 3 rings (SSSR count). The highest BCUT2D eigenvalue weighted by molar-refractivity contribution is 7.71. The summed E-state index contributed by atoms with van der Waals surface area (Å²) >= 11 is 5.47. The van der Waals surface area contributed by atoms with Crippen LogP contribution in [0, 0.1) is 18.6 Å². The van der Waals surface area contributed by atoms with Crippen molar-refractivity contribution in [1.29, 1.82) is 0 Å². The molecular formula is C14H16N4OS. The summed E-state index contributed by atoms with van der Waals surface area (Å²) in [4.78, 5) is 3.22. The number of benzene rings is 1. The van der Waals surface area contributed by atoms with Crippen molar-refractivity contribution < 1.29 is 4.74 Å². The number of hydrogen-bond acceptors (Lipinski definition) is 3. The van der Waals surface area contributed by atoms with E-state index in [4.69, 9.17) is 17.0 Å². The van der Waals surface area contributed by atoms with Crippen LogP contribution in [-0.2, 0) is 7.05 Å². The molecule has 0 fully saturated rings. The van der Waals surface area contributed by atoms with Gasteiger partial charge in [0.15, 0.2) is 10.4 Å². The van der Waals surface area contributed by atoms with Crippen LogP contribution in [0.25, 0.3) is 16.9 Å². The molecule has 1 N–H and O–H groups in total. The van der Waals surface area contributed by atoms with E-state index in [1.54, 1.807) is 7.11 Å². The van der Waals surface area contributed by atoms with Gasteiger partial charge in [0, 0.05) is 7.05 Å². The number of aromatic amines is 1. The standard InChI is InChI=1S/C14H16N4OS/c1-8-5-6-11(19-4)10(7-8)18-13-12(15-14(18)20)9(2)16-17(13)3/h5-7H,1-4H3,(H,15,20). The molecule has 2 aromatic heterocycles. The van der Waals surface area contributed by atoms with E-state index in [9.17, 15) is 0 Å². The monoisotopic (exact) mass is 288 g/mol. The average Bonchev–Trinajstić information content (AvgIpc) is 2.88. The molecule has 0 bridgehead atoms. The zero-order chi connectivity index (χ0) is 14.4. The van der Waals surface area contributed by atoms with Gasteiger partial charge in [0.2, 0.25) is 0 Å². The van der Waals surface area contributed by atoms with Gasteiger partial charge in [-0.25, -0.2) is 4.68 Å². The first-order chi connectivity index (χ1) is 9.52. The molecule has 0 radical (unpaired) electrons. The molecule has 1 aromatic carbocycles. The zero-order valence-electron chi connectivity index (χ0n) is 11.9. The van der Waals surface area contributed by atoms with Gasteiger partial charge in [-0.3, -0.25) is 4.57 Å². The van der Waals surface area contributed by atoms with Crippen LogP contribution < -0.4 is 4.74 Å². The van der Waals surface area contributed by atoms with Crippen molar-refractivity contribution in [2.75, 3.05) is 7.11 Å². The second-order valence-electron chi connectivity index (χ2n) is 4.85. The minimum Gasteiger partial charge on any atom is -0.495 e. The maximum atomic E-state index is 5.47. The smallest absolute Gasteiger partial charge is 0.184 e. The summed E-state index contributed by atoms with van der Waals surface area (Å²) in [5, 5.41) is 4.43. The lowest BCUT2D eigenvalue weighted by Gasteiger charge is -2.11. The molecule has 2 heterocycles. The van der Waals surface area contributed by atoms with Crippen molar-refractivity contribution in [3.8, 4) is 11.4 Å². The van der Waals surface area contributed by atoms with Gasteiger partial charge in [-0.15, -0.1) is 0 Å². The third-order valence-electron chi connectivity index (χ3n) is 3.41. The molecule has 104 valence electrons. The Balaban J connectivity index is 2.43. The summed E-state index contributed by atoms with van der Waals surface area (Å²) in [6.07, 6.45) is 0. The number of ether oxygens (including phenoxy) is 1. The number of fused-ring (bicyclic) bond motifs is 1. The largest absolute Gasteiger partial charge is 0.495 e. The topological polar surface area (TPSA) is 47.8 Å². The average molecular weight is 288 g/mol. The zero-order valence-corrected chi connectivity index (χ0v) is 12.7. The fraction of sp³-hybridized carbons (Fsp3) is 0.286. The van der Waals surface area contributed by atoms with Crippen LogP contribution in [0.15, 0.2) is 18.2 Å². The van der Waals surface area contributed by atoms with E-state index in [2.05, 4.69) is 16.1 Å². The fourth-order valence-electron chi connectivity index (χ4n) is 2.51. The summed E-state index contributed by atoms with van der Waals surface area (Å²) in [6, 6.07) is 6.03. The molecule has 0 aliphatic rings. The SMILES string of the molecule is COc1ccc(C)cc1-n1c(=S)[nH]c2c(C)nn(C)c21. The minimum absolute atomic E-state index is 0.639. The van der Waals surface area contributed by atoms with E-state index in [1.807, 2.05) is 42.3 Å². The van der Waals surface area contributed by atoms with Gasteiger partial charge in [0.25, 0.3) is 0 Å². The number of imidazole rings is 1. The van der Waals surface area contributed by atoms with Crippen molar-refractivity contribution in [2.45, 2.75) is 13.8 Å². The summed E-state index contributed by atoms with van der Waals surface area (Å²) in [5.74, 6) is 0.784. The number of nitrogens with zero attached hydrogens (tertiary/aromatic N) is 3. The van der Waals surface area contributed by atoms with Crippen LogP contribution in [0.5, 0.6) is 5.75 Å². The highest BCUT2D eigenvalue weighted by Gasteiger charge is 2.16. The van der Waals surface area contributed by atoms with Gasteiger partial charge in [-0.05, 0) is 43.8 Å². The summed E-state index contributed by atoms with van der Waals surface area (Å²) in [7, 11) is 3.58. The van der Waals surface area contributed by atoms with Crippen LogP contribution in [0.1, 0.15) is 11.3 Å². The van der Waals surface area contributed by atoms with Crippen molar-refractivity contribution in [3.05, 3.63) is 34.2 Å². The van der Waals surface area contributed by atoms with Gasteiger partial charge in [-0.1, -0.05) is 6.07 Å². The molecule has 20 heavy (non-hydrogen) atoms. The number of aromatic nitrogens is 4.